The zero-order valence-corrected chi connectivity index (χ0v) is 12.5. The highest BCUT2D eigenvalue weighted by molar-refractivity contribution is 7.12. The molecule has 0 bridgehead atoms. The first kappa shape index (κ1) is 13.3. The van der Waals surface area contributed by atoms with Gasteiger partial charge in [-0.05, 0) is 39.3 Å². The van der Waals surface area contributed by atoms with Gasteiger partial charge >= 0.3 is 0 Å². The van der Waals surface area contributed by atoms with E-state index in [0.29, 0.717) is 6.04 Å². The van der Waals surface area contributed by atoms with Crippen molar-refractivity contribution in [2.45, 2.75) is 39.8 Å². The molecule has 1 N–H and O–H groups in total. The zero-order chi connectivity index (χ0) is 13.3. The highest BCUT2D eigenvalue weighted by atomic mass is 32.1. The molecule has 2 rings (SSSR count). The predicted octanol–water partition coefficient (Wildman–Crippen LogP) is 3.51. The van der Waals surface area contributed by atoms with Gasteiger partial charge in [0.2, 0.25) is 0 Å². The van der Waals surface area contributed by atoms with Crippen LogP contribution in [0.4, 0.5) is 0 Å². The summed E-state index contributed by atoms with van der Waals surface area (Å²) >= 11 is 1.86. The van der Waals surface area contributed by atoms with Gasteiger partial charge in [-0.2, -0.15) is 0 Å². The topological polar surface area (TPSA) is 29.9 Å². The summed E-state index contributed by atoms with van der Waals surface area (Å²) in [4.78, 5) is 7.17. The van der Waals surface area contributed by atoms with Gasteiger partial charge in [0, 0.05) is 35.2 Å². The van der Waals surface area contributed by atoms with Crippen LogP contribution >= 0.6 is 11.3 Å². The first-order valence-electron chi connectivity index (χ1n) is 6.29. The molecular weight excluding hydrogens is 242 g/mol. The van der Waals surface area contributed by atoms with E-state index in [1.807, 2.05) is 30.8 Å². The molecule has 0 aliphatic heterocycles. The second kappa shape index (κ2) is 5.24. The van der Waals surface area contributed by atoms with Gasteiger partial charge in [0.1, 0.15) is 5.82 Å². The maximum atomic E-state index is 4.39. The second-order valence-electron chi connectivity index (χ2n) is 4.87. The van der Waals surface area contributed by atoms with Crippen LogP contribution in [0.3, 0.4) is 0 Å². The molecule has 0 saturated carbocycles. The lowest BCUT2D eigenvalue weighted by atomic mass is 10.1. The normalized spacial score (nSPS) is 14.7. The van der Waals surface area contributed by atoms with Gasteiger partial charge in [-0.15, -0.1) is 11.3 Å². The molecule has 2 atom stereocenters. The fourth-order valence-electron chi connectivity index (χ4n) is 2.41. The van der Waals surface area contributed by atoms with Gasteiger partial charge in [0.05, 0.1) is 6.04 Å². The first-order chi connectivity index (χ1) is 8.49. The van der Waals surface area contributed by atoms with Crippen molar-refractivity contribution in [2.24, 2.45) is 7.05 Å². The molecule has 0 aromatic carbocycles. The van der Waals surface area contributed by atoms with Crippen molar-refractivity contribution in [1.82, 2.24) is 14.9 Å². The summed E-state index contributed by atoms with van der Waals surface area (Å²) in [7, 11) is 2.03. The molecule has 98 valence electrons. The molecule has 18 heavy (non-hydrogen) atoms. The summed E-state index contributed by atoms with van der Waals surface area (Å²) in [5.41, 5.74) is 1.40. The fraction of sp³-hybridized carbons (Fsp3) is 0.500. The van der Waals surface area contributed by atoms with Gasteiger partial charge in [-0.25, -0.2) is 4.98 Å². The quantitative estimate of drug-likeness (QED) is 0.915. The second-order valence-corrected chi connectivity index (χ2v) is 6.34. The summed E-state index contributed by atoms with van der Waals surface area (Å²) in [6.45, 7) is 8.73. The maximum absolute atomic E-state index is 4.39. The van der Waals surface area contributed by atoms with Crippen LogP contribution in [0.5, 0.6) is 0 Å². The van der Waals surface area contributed by atoms with E-state index in [1.54, 1.807) is 0 Å². The molecule has 0 aliphatic rings. The van der Waals surface area contributed by atoms with Gasteiger partial charge in [-0.1, -0.05) is 0 Å². The molecule has 0 amide bonds. The third-order valence-corrected chi connectivity index (χ3v) is 4.27. The Hall–Kier alpha value is -1.13. The number of aromatic nitrogens is 2. The molecule has 0 saturated heterocycles. The van der Waals surface area contributed by atoms with E-state index in [9.17, 15) is 0 Å². The van der Waals surface area contributed by atoms with Crippen LogP contribution in [-0.2, 0) is 7.05 Å². The molecule has 0 spiro atoms. The summed E-state index contributed by atoms with van der Waals surface area (Å²) in [5.74, 6) is 1.08. The van der Waals surface area contributed by atoms with Gasteiger partial charge in [0.25, 0.3) is 0 Å². The average molecular weight is 263 g/mol. The van der Waals surface area contributed by atoms with Crippen molar-refractivity contribution in [2.75, 3.05) is 0 Å². The predicted molar refractivity (Wildman–Crippen MR) is 77.0 cm³/mol. The molecule has 2 unspecified atom stereocenters. The minimum absolute atomic E-state index is 0.250. The van der Waals surface area contributed by atoms with Crippen molar-refractivity contribution in [3.8, 4) is 0 Å². The Morgan fingerprint density at radius 3 is 2.50 bits per heavy atom. The Morgan fingerprint density at radius 2 is 2.00 bits per heavy atom. The summed E-state index contributed by atoms with van der Waals surface area (Å²) in [6.07, 6.45) is 3.83. The molecule has 0 radical (unpaired) electrons. The smallest absolute Gasteiger partial charge is 0.125 e. The van der Waals surface area contributed by atoms with E-state index in [4.69, 9.17) is 0 Å². The lowest BCUT2D eigenvalue weighted by Crippen LogP contribution is -2.24. The van der Waals surface area contributed by atoms with Gasteiger partial charge in [-0.3, -0.25) is 0 Å². The van der Waals surface area contributed by atoms with Crippen LogP contribution in [0.2, 0.25) is 0 Å². The number of imidazole rings is 1. The monoisotopic (exact) mass is 263 g/mol. The minimum atomic E-state index is 0.250. The largest absolute Gasteiger partial charge is 0.337 e. The van der Waals surface area contributed by atoms with Crippen LogP contribution in [0.25, 0.3) is 0 Å². The number of hydrogen-bond acceptors (Lipinski definition) is 3. The van der Waals surface area contributed by atoms with E-state index in [0.717, 1.165) is 5.82 Å². The van der Waals surface area contributed by atoms with Crippen LogP contribution < -0.4 is 5.32 Å². The average Bonchev–Trinajstić information content (AvgIpc) is 2.84. The molecule has 0 aliphatic carbocycles. The third kappa shape index (κ3) is 2.65. The summed E-state index contributed by atoms with van der Waals surface area (Å²) < 4.78 is 2.07. The zero-order valence-electron chi connectivity index (χ0n) is 11.7. The summed E-state index contributed by atoms with van der Waals surface area (Å²) in [5, 5.41) is 3.62. The Balaban J connectivity index is 2.10. The number of rotatable bonds is 4. The van der Waals surface area contributed by atoms with Gasteiger partial charge in [0.15, 0.2) is 0 Å². The highest BCUT2D eigenvalue weighted by Crippen LogP contribution is 2.27. The van der Waals surface area contributed by atoms with Crippen LogP contribution in [0, 0.1) is 13.8 Å². The van der Waals surface area contributed by atoms with Crippen molar-refractivity contribution in [3.05, 3.63) is 39.6 Å². The Labute approximate surface area is 113 Å². The van der Waals surface area contributed by atoms with E-state index in [1.165, 1.54) is 15.3 Å². The van der Waals surface area contributed by atoms with Crippen LogP contribution in [-0.4, -0.2) is 9.55 Å². The SMILES string of the molecule is Cc1cc(C(C)NC(C)c2nccn2C)c(C)s1. The van der Waals surface area contributed by atoms with Crippen molar-refractivity contribution < 1.29 is 0 Å². The molecule has 2 aromatic rings. The number of hydrogen-bond donors (Lipinski definition) is 1. The van der Waals surface area contributed by atoms with Crippen LogP contribution in [0.1, 0.15) is 47.1 Å². The highest BCUT2D eigenvalue weighted by Gasteiger charge is 2.16. The van der Waals surface area contributed by atoms with Crippen LogP contribution in [0.15, 0.2) is 18.5 Å². The minimum Gasteiger partial charge on any atom is -0.337 e. The van der Waals surface area contributed by atoms with Gasteiger partial charge < -0.3 is 9.88 Å². The number of nitrogens with zero attached hydrogens (tertiary/aromatic N) is 2. The van der Waals surface area contributed by atoms with Crippen molar-refractivity contribution in [3.63, 3.8) is 0 Å². The Morgan fingerprint density at radius 1 is 1.28 bits per heavy atom. The number of aryl methyl sites for hydroxylation is 3. The molecule has 3 nitrogen and oxygen atoms in total. The summed E-state index contributed by atoms with van der Waals surface area (Å²) in [6, 6.07) is 2.88. The Kier molecular flexibility index (Phi) is 3.88. The van der Waals surface area contributed by atoms with E-state index in [2.05, 4.69) is 48.6 Å². The van der Waals surface area contributed by atoms with E-state index >= 15 is 0 Å². The standard InChI is InChI=1S/C14H21N3S/c1-9-8-13(12(4)18-9)10(2)16-11(3)14-15-6-7-17(14)5/h6-8,10-11,16H,1-5H3. The number of nitrogens with one attached hydrogen (secondary N) is 1. The molecule has 2 heterocycles. The van der Waals surface area contributed by atoms with Crippen molar-refractivity contribution >= 4 is 11.3 Å². The Bertz CT molecular complexity index is 527. The lowest BCUT2D eigenvalue weighted by Gasteiger charge is -2.20. The molecular formula is C14H21N3S. The lowest BCUT2D eigenvalue weighted by molar-refractivity contribution is 0.467. The molecule has 4 heteroatoms. The van der Waals surface area contributed by atoms with Crippen molar-refractivity contribution in [1.29, 1.82) is 0 Å². The number of thiophene rings is 1. The maximum Gasteiger partial charge on any atom is 0.125 e. The fourth-order valence-corrected chi connectivity index (χ4v) is 3.44. The third-order valence-electron chi connectivity index (χ3n) is 3.29. The van der Waals surface area contributed by atoms with E-state index in [-0.39, 0.29) is 6.04 Å². The van der Waals surface area contributed by atoms with E-state index < -0.39 is 0 Å². The molecule has 2 aromatic heterocycles. The first-order valence-corrected chi connectivity index (χ1v) is 7.11. The molecule has 0 fully saturated rings.